The van der Waals surface area contributed by atoms with Crippen LogP contribution in [0.25, 0.3) is 0 Å². The average Bonchev–Trinajstić information content (AvgIpc) is 2.04. The minimum absolute atomic E-state index is 0. The van der Waals surface area contributed by atoms with Crippen molar-refractivity contribution >= 4 is 58.7 Å². The SMILES string of the molecule is CCCCN(CCCC)C(=S)S.[NaH]. The first kappa shape index (κ1) is 16.7. The molecule has 0 aliphatic heterocycles. The Bertz CT molecular complexity index is 123. The summed E-state index contributed by atoms with van der Waals surface area (Å²) in [6.45, 7) is 6.52. The molecule has 1 nitrogen and oxygen atoms in total. The fraction of sp³-hybridized carbons (Fsp3) is 0.889. The van der Waals surface area contributed by atoms with Gasteiger partial charge in [-0.3, -0.25) is 0 Å². The number of thiol groups is 1. The summed E-state index contributed by atoms with van der Waals surface area (Å²) in [5.41, 5.74) is 0. The van der Waals surface area contributed by atoms with Gasteiger partial charge >= 0.3 is 29.6 Å². The second-order valence-electron chi connectivity index (χ2n) is 2.98. The van der Waals surface area contributed by atoms with Crippen LogP contribution < -0.4 is 0 Å². The van der Waals surface area contributed by atoms with Crippen LogP contribution in [0.15, 0.2) is 0 Å². The van der Waals surface area contributed by atoms with Gasteiger partial charge in [-0.2, -0.15) is 0 Å². The summed E-state index contributed by atoms with van der Waals surface area (Å²) in [5, 5.41) is 0. The Morgan fingerprint density at radius 2 is 1.54 bits per heavy atom. The summed E-state index contributed by atoms with van der Waals surface area (Å²) in [4.78, 5) is 2.19. The molecule has 0 bridgehead atoms. The quantitative estimate of drug-likeness (QED) is 0.423. The van der Waals surface area contributed by atoms with Crippen molar-refractivity contribution in [2.24, 2.45) is 0 Å². The summed E-state index contributed by atoms with van der Waals surface area (Å²) >= 11 is 9.23. The Morgan fingerprint density at radius 1 is 1.15 bits per heavy atom. The van der Waals surface area contributed by atoms with Crippen molar-refractivity contribution in [3.05, 3.63) is 0 Å². The van der Waals surface area contributed by atoms with Crippen LogP contribution in [0, 0.1) is 0 Å². The van der Waals surface area contributed by atoms with Crippen LogP contribution in [-0.2, 0) is 0 Å². The molecule has 0 fully saturated rings. The van der Waals surface area contributed by atoms with Gasteiger partial charge in [-0.15, -0.1) is 12.6 Å². The van der Waals surface area contributed by atoms with Crippen molar-refractivity contribution in [3.8, 4) is 0 Å². The van der Waals surface area contributed by atoms with Crippen LogP contribution in [0.4, 0.5) is 0 Å². The Morgan fingerprint density at radius 3 is 1.77 bits per heavy atom. The number of unbranched alkanes of at least 4 members (excludes halogenated alkanes) is 2. The van der Waals surface area contributed by atoms with Gasteiger partial charge in [-0.05, 0) is 12.8 Å². The number of hydrogen-bond acceptors (Lipinski definition) is 1. The predicted molar refractivity (Wildman–Crippen MR) is 70.1 cm³/mol. The van der Waals surface area contributed by atoms with E-state index in [0.29, 0.717) is 0 Å². The number of rotatable bonds is 6. The van der Waals surface area contributed by atoms with Gasteiger partial charge in [0.15, 0.2) is 0 Å². The molecule has 0 aromatic carbocycles. The summed E-state index contributed by atoms with van der Waals surface area (Å²) in [7, 11) is 0. The van der Waals surface area contributed by atoms with Gasteiger partial charge in [0.1, 0.15) is 4.32 Å². The summed E-state index contributed by atoms with van der Waals surface area (Å²) < 4.78 is 0.747. The van der Waals surface area contributed by atoms with Gasteiger partial charge in [0.2, 0.25) is 0 Å². The molecule has 13 heavy (non-hydrogen) atoms. The number of thiocarbonyl (C=S) groups is 1. The zero-order chi connectivity index (χ0) is 9.40. The molecule has 0 heterocycles. The van der Waals surface area contributed by atoms with Crippen molar-refractivity contribution in [2.75, 3.05) is 13.1 Å². The van der Waals surface area contributed by atoms with Crippen LogP contribution in [0.1, 0.15) is 39.5 Å². The molecule has 0 aromatic heterocycles. The van der Waals surface area contributed by atoms with Crippen molar-refractivity contribution in [3.63, 3.8) is 0 Å². The van der Waals surface area contributed by atoms with Gasteiger partial charge in [0.05, 0.1) is 0 Å². The van der Waals surface area contributed by atoms with Crippen LogP contribution in [-0.4, -0.2) is 51.9 Å². The van der Waals surface area contributed by atoms with Crippen LogP contribution in [0.3, 0.4) is 0 Å². The van der Waals surface area contributed by atoms with Crippen molar-refractivity contribution in [1.29, 1.82) is 0 Å². The third kappa shape index (κ3) is 9.54. The van der Waals surface area contributed by atoms with E-state index in [-0.39, 0.29) is 29.6 Å². The standard InChI is InChI=1S/C9H19NS2.Na.H/c1-3-5-7-10(9(11)12)8-6-4-2;;/h3-8H2,1-2H3,(H,11,12);;. The van der Waals surface area contributed by atoms with Gasteiger partial charge in [-0.1, -0.05) is 38.9 Å². The third-order valence-corrected chi connectivity index (χ3v) is 2.37. The number of nitrogens with zero attached hydrogens (tertiary/aromatic N) is 1. The molecule has 0 atom stereocenters. The molecule has 4 heteroatoms. The van der Waals surface area contributed by atoms with Crippen LogP contribution >= 0.6 is 24.8 Å². The molecule has 0 rings (SSSR count). The van der Waals surface area contributed by atoms with Crippen molar-refractivity contribution in [1.82, 2.24) is 4.90 Å². The first-order valence-corrected chi connectivity index (χ1v) is 5.55. The molecule has 0 spiro atoms. The first-order valence-electron chi connectivity index (χ1n) is 4.70. The Hall–Kier alpha value is 1.24. The predicted octanol–water partition coefficient (Wildman–Crippen LogP) is 2.45. The molecule has 0 aliphatic carbocycles. The molecule has 74 valence electrons. The van der Waals surface area contributed by atoms with Gasteiger partial charge < -0.3 is 4.90 Å². The van der Waals surface area contributed by atoms with E-state index in [4.69, 9.17) is 12.2 Å². The van der Waals surface area contributed by atoms with Gasteiger partial charge in [0, 0.05) is 13.1 Å². The van der Waals surface area contributed by atoms with E-state index in [2.05, 4.69) is 31.4 Å². The normalized spacial score (nSPS) is 9.15. The second kappa shape index (κ2) is 11.3. The van der Waals surface area contributed by atoms with E-state index < -0.39 is 0 Å². The fourth-order valence-corrected chi connectivity index (χ4v) is 1.38. The first-order chi connectivity index (χ1) is 5.72. The molecule has 0 aromatic rings. The minimum atomic E-state index is 0. The Kier molecular flexibility index (Phi) is 14.5. The van der Waals surface area contributed by atoms with Gasteiger partial charge in [-0.25, -0.2) is 0 Å². The topological polar surface area (TPSA) is 3.24 Å². The molecule has 0 N–H and O–H groups in total. The Labute approximate surface area is 115 Å². The van der Waals surface area contributed by atoms with E-state index >= 15 is 0 Å². The second-order valence-corrected chi connectivity index (χ2v) is 4.09. The zero-order valence-electron chi connectivity index (χ0n) is 8.05. The molecule has 0 unspecified atom stereocenters. The van der Waals surface area contributed by atoms with Crippen molar-refractivity contribution < 1.29 is 0 Å². The summed E-state index contributed by atoms with van der Waals surface area (Å²) in [6, 6.07) is 0. The molecule has 0 radical (unpaired) electrons. The van der Waals surface area contributed by atoms with E-state index in [1.807, 2.05) is 0 Å². The monoisotopic (exact) mass is 229 g/mol. The van der Waals surface area contributed by atoms with E-state index in [0.717, 1.165) is 17.4 Å². The zero-order valence-corrected chi connectivity index (χ0v) is 9.76. The van der Waals surface area contributed by atoms with Crippen molar-refractivity contribution in [2.45, 2.75) is 39.5 Å². The summed E-state index contributed by atoms with van der Waals surface area (Å²) in [5.74, 6) is 0. The third-order valence-electron chi connectivity index (χ3n) is 1.83. The van der Waals surface area contributed by atoms with Crippen LogP contribution in [0.5, 0.6) is 0 Å². The van der Waals surface area contributed by atoms with Gasteiger partial charge in [0.25, 0.3) is 0 Å². The molecular weight excluding hydrogens is 209 g/mol. The molecule has 0 aliphatic rings. The molecule has 0 saturated carbocycles. The molecular formula is C9H20NNaS2. The maximum atomic E-state index is 5.03. The Balaban J connectivity index is 0. The van der Waals surface area contributed by atoms with Crippen LogP contribution in [0.2, 0.25) is 0 Å². The van der Waals surface area contributed by atoms with E-state index in [1.165, 1.54) is 25.7 Å². The number of hydrogen-bond donors (Lipinski definition) is 1. The molecule has 0 saturated heterocycles. The summed E-state index contributed by atoms with van der Waals surface area (Å²) in [6.07, 6.45) is 4.87. The fourth-order valence-electron chi connectivity index (χ4n) is 1.00. The van der Waals surface area contributed by atoms with E-state index in [1.54, 1.807) is 0 Å². The molecule has 0 amide bonds. The average molecular weight is 229 g/mol. The maximum absolute atomic E-state index is 5.03. The van der Waals surface area contributed by atoms with E-state index in [9.17, 15) is 0 Å².